The fourth-order valence-corrected chi connectivity index (χ4v) is 2.47. The molecule has 0 saturated heterocycles. The van der Waals surface area contributed by atoms with E-state index in [1.165, 1.54) is 6.07 Å². The van der Waals surface area contributed by atoms with E-state index in [1.807, 2.05) is 24.3 Å². The second kappa shape index (κ2) is 6.30. The molecule has 0 aliphatic heterocycles. The first-order valence-corrected chi connectivity index (χ1v) is 7.28. The standard InChI is InChI=1S/C17H14ClFN2O/c18-16-8-7-11(4-1-2-9-22)17(21-16)15-10-12-13(19)5-3-6-14(12)20-15/h1,3-8,10,20,22H,2,9H2. The zero-order valence-corrected chi connectivity index (χ0v) is 12.4. The summed E-state index contributed by atoms with van der Waals surface area (Å²) in [6, 6.07) is 10.2. The highest BCUT2D eigenvalue weighted by Gasteiger charge is 2.11. The lowest BCUT2D eigenvalue weighted by Gasteiger charge is -2.04. The molecular weight excluding hydrogens is 303 g/mol. The van der Waals surface area contributed by atoms with Gasteiger partial charge in [-0.2, -0.15) is 0 Å². The summed E-state index contributed by atoms with van der Waals surface area (Å²) in [5.41, 5.74) is 2.91. The highest BCUT2D eigenvalue weighted by molar-refractivity contribution is 6.29. The van der Waals surface area contributed by atoms with E-state index in [4.69, 9.17) is 16.7 Å². The Bertz CT molecular complexity index is 842. The Morgan fingerprint density at radius 2 is 2.14 bits per heavy atom. The van der Waals surface area contributed by atoms with Crippen molar-refractivity contribution >= 4 is 28.6 Å². The summed E-state index contributed by atoms with van der Waals surface area (Å²) in [6.45, 7) is 0.0877. The van der Waals surface area contributed by atoms with Gasteiger partial charge in [0, 0.05) is 23.1 Å². The first-order chi connectivity index (χ1) is 10.7. The highest BCUT2D eigenvalue weighted by atomic mass is 35.5. The van der Waals surface area contributed by atoms with Gasteiger partial charge in [0.05, 0.1) is 11.4 Å². The molecule has 0 aliphatic carbocycles. The number of nitrogens with zero attached hydrogens (tertiary/aromatic N) is 1. The molecule has 3 rings (SSSR count). The van der Waals surface area contributed by atoms with Gasteiger partial charge >= 0.3 is 0 Å². The molecule has 22 heavy (non-hydrogen) atoms. The van der Waals surface area contributed by atoms with Crippen LogP contribution in [-0.2, 0) is 0 Å². The van der Waals surface area contributed by atoms with Gasteiger partial charge in [0.1, 0.15) is 11.0 Å². The van der Waals surface area contributed by atoms with Crippen molar-refractivity contribution < 1.29 is 9.50 Å². The lowest BCUT2D eigenvalue weighted by molar-refractivity contribution is 0.303. The second-order valence-corrected chi connectivity index (χ2v) is 5.26. The van der Waals surface area contributed by atoms with Gasteiger partial charge < -0.3 is 10.1 Å². The monoisotopic (exact) mass is 316 g/mol. The summed E-state index contributed by atoms with van der Waals surface area (Å²) in [5.74, 6) is -0.278. The van der Waals surface area contributed by atoms with Crippen LogP contribution in [0, 0.1) is 5.82 Å². The smallest absolute Gasteiger partial charge is 0.132 e. The Morgan fingerprint density at radius 1 is 1.27 bits per heavy atom. The molecule has 3 aromatic rings. The van der Waals surface area contributed by atoms with E-state index in [9.17, 15) is 4.39 Å². The molecule has 112 valence electrons. The number of pyridine rings is 1. The fraction of sp³-hybridized carbons (Fsp3) is 0.118. The van der Waals surface area contributed by atoms with Gasteiger partial charge in [-0.3, -0.25) is 0 Å². The number of hydrogen-bond donors (Lipinski definition) is 2. The van der Waals surface area contributed by atoms with Crippen molar-refractivity contribution in [1.29, 1.82) is 0 Å². The number of H-pyrrole nitrogens is 1. The predicted molar refractivity (Wildman–Crippen MR) is 87.2 cm³/mol. The summed E-state index contributed by atoms with van der Waals surface area (Å²) in [5, 5.41) is 9.75. The topological polar surface area (TPSA) is 48.9 Å². The first-order valence-electron chi connectivity index (χ1n) is 6.90. The van der Waals surface area contributed by atoms with E-state index in [1.54, 1.807) is 18.2 Å². The van der Waals surface area contributed by atoms with Crippen molar-refractivity contribution in [2.24, 2.45) is 0 Å². The van der Waals surface area contributed by atoms with Crippen molar-refractivity contribution in [3.63, 3.8) is 0 Å². The number of rotatable bonds is 4. The van der Waals surface area contributed by atoms with Gasteiger partial charge in [-0.05, 0) is 36.8 Å². The average molecular weight is 317 g/mol. The van der Waals surface area contributed by atoms with Crippen molar-refractivity contribution in [3.05, 3.63) is 59.0 Å². The number of aromatic amines is 1. The third kappa shape index (κ3) is 2.89. The number of aromatic nitrogens is 2. The Kier molecular flexibility index (Phi) is 4.22. The van der Waals surface area contributed by atoms with Crippen molar-refractivity contribution in [2.75, 3.05) is 6.61 Å². The van der Waals surface area contributed by atoms with Gasteiger partial charge in [0.25, 0.3) is 0 Å². The molecule has 0 atom stereocenters. The molecule has 0 saturated carbocycles. The van der Waals surface area contributed by atoms with E-state index in [2.05, 4.69) is 9.97 Å². The van der Waals surface area contributed by atoms with Crippen molar-refractivity contribution in [3.8, 4) is 11.4 Å². The summed E-state index contributed by atoms with van der Waals surface area (Å²) in [7, 11) is 0. The van der Waals surface area contributed by atoms with Crippen LogP contribution in [0.25, 0.3) is 28.4 Å². The average Bonchev–Trinajstić information content (AvgIpc) is 2.94. The van der Waals surface area contributed by atoms with E-state index in [-0.39, 0.29) is 12.4 Å². The van der Waals surface area contributed by atoms with Crippen molar-refractivity contribution in [2.45, 2.75) is 6.42 Å². The summed E-state index contributed by atoms with van der Waals surface area (Å²) in [6.07, 6.45) is 4.29. The molecule has 0 bridgehead atoms. The molecule has 1 aromatic carbocycles. The highest BCUT2D eigenvalue weighted by Crippen LogP contribution is 2.28. The minimum absolute atomic E-state index is 0.0877. The zero-order valence-electron chi connectivity index (χ0n) is 11.7. The maximum absolute atomic E-state index is 13.8. The molecule has 2 N–H and O–H groups in total. The molecule has 0 radical (unpaired) electrons. The molecule has 3 nitrogen and oxygen atoms in total. The molecule has 0 spiro atoms. The zero-order chi connectivity index (χ0) is 15.5. The number of halogens is 2. The van der Waals surface area contributed by atoms with Crippen LogP contribution in [0.2, 0.25) is 5.15 Å². The van der Waals surface area contributed by atoms with Crippen LogP contribution >= 0.6 is 11.6 Å². The Morgan fingerprint density at radius 3 is 2.91 bits per heavy atom. The fourth-order valence-electron chi connectivity index (χ4n) is 2.33. The predicted octanol–water partition coefficient (Wildman–Crippen LogP) is 4.42. The number of aliphatic hydroxyl groups excluding tert-OH is 1. The number of hydrogen-bond acceptors (Lipinski definition) is 2. The van der Waals surface area contributed by atoms with Crippen LogP contribution < -0.4 is 0 Å². The maximum atomic E-state index is 13.8. The molecule has 0 fully saturated rings. The molecule has 0 unspecified atom stereocenters. The third-order valence-electron chi connectivity index (χ3n) is 3.35. The molecule has 2 aromatic heterocycles. The lowest BCUT2D eigenvalue weighted by Crippen LogP contribution is -1.89. The third-order valence-corrected chi connectivity index (χ3v) is 3.56. The largest absolute Gasteiger partial charge is 0.396 e. The first kappa shape index (κ1) is 14.8. The summed E-state index contributed by atoms with van der Waals surface area (Å²) in [4.78, 5) is 7.51. The minimum atomic E-state index is -0.278. The van der Waals surface area contributed by atoms with Crippen LogP contribution in [0.4, 0.5) is 4.39 Å². The van der Waals surface area contributed by atoms with Crippen LogP contribution in [-0.4, -0.2) is 21.7 Å². The Balaban J connectivity index is 2.12. The van der Waals surface area contributed by atoms with Crippen LogP contribution in [0.1, 0.15) is 12.0 Å². The van der Waals surface area contributed by atoms with E-state index < -0.39 is 0 Å². The summed E-state index contributed by atoms with van der Waals surface area (Å²) < 4.78 is 13.8. The van der Waals surface area contributed by atoms with Crippen LogP contribution in [0.3, 0.4) is 0 Å². The Labute approximate surface area is 132 Å². The van der Waals surface area contributed by atoms with Gasteiger partial charge in [0.2, 0.25) is 0 Å². The van der Waals surface area contributed by atoms with Gasteiger partial charge in [-0.25, -0.2) is 9.37 Å². The number of benzene rings is 1. The molecule has 0 aliphatic rings. The van der Waals surface area contributed by atoms with Crippen LogP contribution in [0.15, 0.2) is 42.5 Å². The molecular formula is C17H14ClFN2O. The normalized spacial score (nSPS) is 11.6. The van der Waals surface area contributed by atoms with Gasteiger partial charge in [-0.15, -0.1) is 0 Å². The van der Waals surface area contributed by atoms with Crippen molar-refractivity contribution in [1.82, 2.24) is 9.97 Å². The lowest BCUT2D eigenvalue weighted by atomic mass is 10.1. The minimum Gasteiger partial charge on any atom is -0.396 e. The number of fused-ring (bicyclic) bond motifs is 1. The van der Waals surface area contributed by atoms with Crippen LogP contribution in [0.5, 0.6) is 0 Å². The number of nitrogens with one attached hydrogen (secondary N) is 1. The SMILES string of the molecule is OCCC=Cc1ccc(Cl)nc1-c1cc2c(F)cccc2[nH]1. The van der Waals surface area contributed by atoms with Gasteiger partial charge in [0.15, 0.2) is 0 Å². The second-order valence-electron chi connectivity index (χ2n) is 4.87. The molecule has 0 amide bonds. The van der Waals surface area contributed by atoms with E-state index >= 15 is 0 Å². The summed E-state index contributed by atoms with van der Waals surface area (Å²) >= 11 is 5.99. The quantitative estimate of drug-likeness (QED) is 0.700. The van der Waals surface area contributed by atoms with E-state index in [0.717, 1.165) is 5.56 Å². The molecule has 5 heteroatoms. The van der Waals surface area contributed by atoms with E-state index in [0.29, 0.717) is 33.9 Å². The Hall–Kier alpha value is -2.17. The number of aliphatic hydroxyl groups is 1. The van der Waals surface area contributed by atoms with Gasteiger partial charge in [-0.1, -0.05) is 29.8 Å². The maximum Gasteiger partial charge on any atom is 0.132 e. The molecule has 2 heterocycles.